The van der Waals surface area contributed by atoms with Crippen LogP contribution in [0.15, 0.2) is 52.7 Å². The van der Waals surface area contributed by atoms with E-state index in [1.807, 2.05) is 12.1 Å². The molecule has 4 bridgehead atoms. The number of aromatic amines is 1. The van der Waals surface area contributed by atoms with Crippen LogP contribution >= 0.6 is 0 Å². The number of aromatic nitrogens is 4. The molecule has 2 unspecified atom stereocenters. The molecule has 1 aliphatic heterocycles. The van der Waals surface area contributed by atoms with E-state index in [1.165, 1.54) is 18.2 Å². The van der Waals surface area contributed by atoms with Gasteiger partial charge in [-0.05, 0) is 61.4 Å². The quantitative estimate of drug-likeness (QED) is 0.372. The second kappa shape index (κ2) is 9.65. The Morgan fingerprint density at radius 3 is 2.56 bits per heavy atom. The van der Waals surface area contributed by atoms with E-state index >= 15 is 0 Å². The largest absolute Gasteiger partial charge is 0.323 e. The van der Waals surface area contributed by atoms with Gasteiger partial charge in [-0.25, -0.2) is 22.2 Å². The van der Waals surface area contributed by atoms with E-state index in [2.05, 4.69) is 51.1 Å². The first-order chi connectivity index (χ1) is 19.5. The standard InChI is InChI=1S/C30H30F2N6O2S/c1-5-41(39,40)17(2)27-34-28(38-37-27)22-10-7-11-24(33-22)30-15-14-19(29(30,3)4)18-12-13-25(30)36-35-23(16-18)26-20(31)8-6-9-21(26)32/h6-11,16-19,25H,5,14-15H2,1-4H3,(H,34,37,38)/b23-16-,36-35-/t17-,18?,19+,25?,30+/m1/s1. The summed E-state index contributed by atoms with van der Waals surface area (Å²) in [5.74, 6) is 5.70. The van der Waals surface area contributed by atoms with Crippen molar-refractivity contribution in [2.45, 2.75) is 57.2 Å². The molecule has 11 heteroatoms. The van der Waals surface area contributed by atoms with Crippen molar-refractivity contribution in [3.05, 3.63) is 71.2 Å². The molecule has 3 aliphatic rings. The molecule has 3 heterocycles. The van der Waals surface area contributed by atoms with Gasteiger partial charge in [-0.1, -0.05) is 44.7 Å². The summed E-state index contributed by atoms with van der Waals surface area (Å²) < 4.78 is 54.3. The number of rotatable bonds is 6. The van der Waals surface area contributed by atoms with E-state index in [9.17, 15) is 17.2 Å². The molecule has 5 atom stereocenters. The summed E-state index contributed by atoms with van der Waals surface area (Å²) >= 11 is 0. The molecule has 1 N–H and O–H groups in total. The number of sulfone groups is 1. The van der Waals surface area contributed by atoms with Gasteiger partial charge < -0.3 is 4.98 Å². The molecular formula is C30H30F2N6O2S. The van der Waals surface area contributed by atoms with Gasteiger partial charge in [0.15, 0.2) is 15.7 Å². The third-order valence-corrected chi connectivity index (χ3v) is 11.4. The zero-order chi connectivity index (χ0) is 29.2. The van der Waals surface area contributed by atoms with Crippen LogP contribution in [-0.2, 0) is 15.3 Å². The zero-order valence-electron chi connectivity index (χ0n) is 23.2. The van der Waals surface area contributed by atoms with Crippen molar-refractivity contribution in [2.24, 2.45) is 27.5 Å². The molecule has 8 nitrogen and oxygen atoms in total. The number of hydrogen-bond acceptors (Lipinski definition) is 7. The highest BCUT2D eigenvalue weighted by Crippen LogP contribution is 2.63. The number of halogens is 2. The highest BCUT2D eigenvalue weighted by atomic mass is 32.2. The third-order valence-electron chi connectivity index (χ3n) is 9.33. The molecular weight excluding hydrogens is 546 g/mol. The van der Waals surface area contributed by atoms with Crippen LogP contribution in [0.25, 0.3) is 17.2 Å². The second-order valence-electron chi connectivity index (χ2n) is 11.5. The maximum absolute atomic E-state index is 14.8. The highest BCUT2D eigenvalue weighted by molar-refractivity contribution is 7.91. The fourth-order valence-corrected chi connectivity index (χ4v) is 7.75. The van der Waals surface area contributed by atoms with Gasteiger partial charge in [0.05, 0.1) is 22.4 Å². The number of pyridine rings is 1. The van der Waals surface area contributed by atoms with Crippen LogP contribution in [0.1, 0.15) is 62.9 Å². The predicted octanol–water partition coefficient (Wildman–Crippen LogP) is 5.82. The minimum Gasteiger partial charge on any atom is -0.323 e. The van der Waals surface area contributed by atoms with Gasteiger partial charge in [-0.3, -0.25) is 0 Å². The summed E-state index contributed by atoms with van der Waals surface area (Å²) in [5.41, 5.74) is 0.206. The first-order valence-corrected chi connectivity index (χ1v) is 15.4. The molecule has 212 valence electrons. The summed E-state index contributed by atoms with van der Waals surface area (Å²) in [6.07, 6.45) is 3.33. The smallest absolute Gasteiger partial charge is 0.180 e. The number of azo groups is 1. The van der Waals surface area contributed by atoms with Crippen molar-refractivity contribution in [2.75, 3.05) is 5.75 Å². The molecule has 1 aromatic carbocycles. The average Bonchev–Trinajstić information content (AvgIpc) is 3.51. The Kier molecular flexibility index (Phi) is 6.45. The van der Waals surface area contributed by atoms with Gasteiger partial charge in [0.25, 0.3) is 0 Å². The first-order valence-electron chi connectivity index (χ1n) is 13.7. The Morgan fingerprint density at radius 2 is 1.83 bits per heavy atom. The molecule has 1 saturated carbocycles. The maximum Gasteiger partial charge on any atom is 0.180 e. The first kappa shape index (κ1) is 27.4. The monoisotopic (exact) mass is 576 g/mol. The second-order valence-corrected chi connectivity index (χ2v) is 14.1. The van der Waals surface area contributed by atoms with Gasteiger partial charge in [0.1, 0.15) is 34.4 Å². The Bertz CT molecular complexity index is 1750. The number of nitrogens with zero attached hydrogens (tertiary/aromatic N) is 5. The van der Waals surface area contributed by atoms with Crippen molar-refractivity contribution in [1.29, 1.82) is 0 Å². The molecule has 41 heavy (non-hydrogen) atoms. The Balaban J connectivity index is 1.44. The van der Waals surface area contributed by atoms with E-state index < -0.39 is 38.2 Å². The minimum absolute atomic E-state index is 0.00516. The van der Waals surface area contributed by atoms with Crippen LogP contribution in [0.2, 0.25) is 0 Å². The van der Waals surface area contributed by atoms with Gasteiger partial charge in [0.2, 0.25) is 0 Å². The van der Waals surface area contributed by atoms with Crippen molar-refractivity contribution < 1.29 is 17.2 Å². The third kappa shape index (κ3) is 4.14. The molecule has 0 amide bonds. The Labute approximate surface area is 237 Å². The summed E-state index contributed by atoms with van der Waals surface area (Å²) in [6.45, 7) is 7.53. The van der Waals surface area contributed by atoms with Crippen molar-refractivity contribution in [3.63, 3.8) is 0 Å². The van der Waals surface area contributed by atoms with Crippen LogP contribution in [0.5, 0.6) is 0 Å². The number of benzene rings is 1. The van der Waals surface area contributed by atoms with E-state index in [-0.39, 0.29) is 40.1 Å². The average molecular weight is 577 g/mol. The van der Waals surface area contributed by atoms with Gasteiger partial charge in [-0.15, -0.1) is 10.2 Å². The number of fused-ring (bicyclic) bond motifs is 6. The normalized spacial score (nSPS) is 28.9. The minimum atomic E-state index is -3.36. The Hall–Kier alpha value is -3.78. The van der Waals surface area contributed by atoms with Crippen LogP contribution in [0.3, 0.4) is 0 Å². The van der Waals surface area contributed by atoms with Crippen molar-refractivity contribution in [1.82, 2.24) is 20.2 Å². The lowest BCUT2D eigenvalue weighted by Crippen LogP contribution is -2.48. The fraction of sp³-hybridized carbons (Fsp3) is 0.433. The molecule has 2 aliphatic carbocycles. The predicted molar refractivity (Wildman–Crippen MR) is 150 cm³/mol. The number of nitrogens with one attached hydrogen (secondary N) is 1. The van der Waals surface area contributed by atoms with E-state index in [4.69, 9.17) is 4.98 Å². The number of allylic oxidation sites excluding steroid dienone is 1. The molecule has 0 radical (unpaired) electrons. The van der Waals surface area contributed by atoms with E-state index in [0.717, 1.165) is 18.5 Å². The summed E-state index contributed by atoms with van der Waals surface area (Å²) in [4.78, 5) is 8.07. The molecule has 0 spiro atoms. The zero-order valence-corrected chi connectivity index (χ0v) is 24.0. The molecule has 6 rings (SSSR count). The molecule has 0 saturated heterocycles. The summed E-state index contributed by atoms with van der Waals surface area (Å²) in [5, 5.41) is 16.5. The lowest BCUT2D eigenvalue weighted by Gasteiger charge is -2.45. The topological polar surface area (TPSA) is 113 Å². The highest BCUT2D eigenvalue weighted by Gasteiger charge is 2.62. The van der Waals surface area contributed by atoms with Crippen LogP contribution in [0.4, 0.5) is 8.78 Å². The molecule has 1 fully saturated rings. The number of hydrogen-bond donors (Lipinski definition) is 1. The van der Waals surface area contributed by atoms with Gasteiger partial charge in [0, 0.05) is 11.7 Å². The van der Waals surface area contributed by atoms with Gasteiger partial charge >= 0.3 is 0 Å². The van der Waals surface area contributed by atoms with Crippen LogP contribution in [0, 0.1) is 40.7 Å². The maximum atomic E-state index is 14.8. The lowest BCUT2D eigenvalue weighted by atomic mass is 9.58. The van der Waals surface area contributed by atoms with Crippen molar-refractivity contribution in [3.8, 4) is 23.4 Å². The van der Waals surface area contributed by atoms with Gasteiger partial charge in [-0.2, -0.15) is 10.2 Å². The molecule has 2 aromatic heterocycles. The Morgan fingerprint density at radius 1 is 1.10 bits per heavy atom. The summed E-state index contributed by atoms with van der Waals surface area (Å²) in [6, 6.07) is 8.77. The summed E-state index contributed by atoms with van der Waals surface area (Å²) in [7, 11) is -3.36. The lowest BCUT2D eigenvalue weighted by molar-refractivity contribution is 0.122. The van der Waals surface area contributed by atoms with Crippen LogP contribution < -0.4 is 0 Å². The fourth-order valence-electron chi connectivity index (χ4n) is 6.80. The molecule has 3 aromatic rings. The van der Waals surface area contributed by atoms with Crippen LogP contribution in [-0.4, -0.2) is 40.4 Å². The van der Waals surface area contributed by atoms with Crippen molar-refractivity contribution >= 4 is 15.5 Å². The SMILES string of the molecule is CCS(=O)(=O)[C@H](C)c1nnc(-c2cccc([C@@]34CC[C@@H](C5C#CC3/N=N\C(c3c(F)cccc3F)=C/5)C4(C)C)n2)[nH]1. The van der Waals surface area contributed by atoms with E-state index in [0.29, 0.717) is 11.5 Å². The van der Waals surface area contributed by atoms with E-state index in [1.54, 1.807) is 26.0 Å². The number of H-pyrrole nitrogens is 1.